The standard InChI is InChI=1S/C14H22N4O2/c1-14(6-2-10-20-14)13(19)17-7-3-11(4-8-17)18-9-5-12(15)16-18/h5,9,11H,2-4,6-8,10H2,1H3,(H2,15,16). The van der Waals surface area contributed by atoms with Gasteiger partial charge >= 0.3 is 0 Å². The van der Waals surface area contributed by atoms with Crippen molar-refractivity contribution in [2.24, 2.45) is 0 Å². The Morgan fingerprint density at radius 3 is 2.80 bits per heavy atom. The molecule has 2 aliphatic rings. The summed E-state index contributed by atoms with van der Waals surface area (Å²) in [5.41, 5.74) is 5.05. The lowest BCUT2D eigenvalue weighted by atomic mass is 9.98. The molecule has 2 fully saturated rings. The van der Waals surface area contributed by atoms with Crippen molar-refractivity contribution in [1.29, 1.82) is 0 Å². The largest absolute Gasteiger partial charge is 0.382 e. The smallest absolute Gasteiger partial charge is 0.254 e. The van der Waals surface area contributed by atoms with Gasteiger partial charge in [-0.1, -0.05) is 0 Å². The number of piperidine rings is 1. The summed E-state index contributed by atoms with van der Waals surface area (Å²) in [4.78, 5) is 14.5. The number of anilines is 1. The monoisotopic (exact) mass is 278 g/mol. The maximum atomic E-state index is 12.5. The lowest BCUT2D eigenvalue weighted by molar-refractivity contribution is -0.152. The summed E-state index contributed by atoms with van der Waals surface area (Å²) in [5.74, 6) is 0.698. The molecule has 1 aromatic rings. The van der Waals surface area contributed by atoms with E-state index in [1.54, 1.807) is 0 Å². The quantitative estimate of drug-likeness (QED) is 0.882. The number of hydrogen-bond donors (Lipinski definition) is 1. The second-order valence-electron chi connectivity index (χ2n) is 5.93. The average molecular weight is 278 g/mol. The first-order chi connectivity index (χ1) is 9.58. The van der Waals surface area contributed by atoms with E-state index in [9.17, 15) is 4.79 Å². The van der Waals surface area contributed by atoms with Crippen molar-refractivity contribution in [2.45, 2.75) is 44.2 Å². The van der Waals surface area contributed by atoms with Crippen LogP contribution in [0.15, 0.2) is 12.3 Å². The topological polar surface area (TPSA) is 73.4 Å². The maximum absolute atomic E-state index is 12.5. The highest BCUT2D eigenvalue weighted by Gasteiger charge is 2.41. The van der Waals surface area contributed by atoms with Gasteiger partial charge in [-0.05, 0) is 38.7 Å². The zero-order valence-corrected chi connectivity index (χ0v) is 11.9. The van der Waals surface area contributed by atoms with E-state index in [4.69, 9.17) is 10.5 Å². The van der Waals surface area contributed by atoms with E-state index in [0.29, 0.717) is 18.5 Å². The lowest BCUT2D eigenvalue weighted by Crippen LogP contribution is -2.49. The molecule has 0 spiro atoms. The van der Waals surface area contributed by atoms with Gasteiger partial charge in [0.25, 0.3) is 5.91 Å². The Balaban J connectivity index is 1.59. The van der Waals surface area contributed by atoms with Gasteiger partial charge in [0.2, 0.25) is 0 Å². The fourth-order valence-corrected chi connectivity index (χ4v) is 3.17. The minimum atomic E-state index is -0.594. The summed E-state index contributed by atoms with van der Waals surface area (Å²) in [6, 6.07) is 2.15. The molecule has 1 amide bonds. The molecule has 1 atom stereocenters. The summed E-state index contributed by atoms with van der Waals surface area (Å²) in [6.07, 6.45) is 5.57. The van der Waals surface area contributed by atoms with Crippen LogP contribution in [0, 0.1) is 0 Å². The molecule has 110 valence electrons. The Labute approximate surface area is 118 Å². The van der Waals surface area contributed by atoms with E-state index >= 15 is 0 Å². The fraction of sp³-hybridized carbons (Fsp3) is 0.714. The maximum Gasteiger partial charge on any atom is 0.254 e. The predicted molar refractivity (Wildman–Crippen MR) is 75.1 cm³/mol. The number of nitrogens with two attached hydrogens (primary N) is 1. The van der Waals surface area contributed by atoms with Crippen LogP contribution in [0.4, 0.5) is 5.82 Å². The van der Waals surface area contributed by atoms with Crippen LogP contribution in [-0.4, -0.2) is 45.9 Å². The fourth-order valence-electron chi connectivity index (χ4n) is 3.17. The van der Waals surface area contributed by atoms with Crippen LogP contribution in [-0.2, 0) is 9.53 Å². The van der Waals surface area contributed by atoms with Gasteiger partial charge in [0.15, 0.2) is 0 Å². The molecule has 0 aromatic carbocycles. The van der Waals surface area contributed by atoms with Crippen molar-refractivity contribution in [3.63, 3.8) is 0 Å². The Morgan fingerprint density at radius 2 is 2.25 bits per heavy atom. The number of carbonyl (C=O) groups excluding carboxylic acids is 1. The summed E-state index contributed by atoms with van der Waals surface area (Å²) in [6.45, 7) is 4.15. The van der Waals surface area contributed by atoms with Crippen molar-refractivity contribution in [2.75, 3.05) is 25.4 Å². The number of rotatable bonds is 2. The molecule has 3 heterocycles. The molecular formula is C14H22N4O2. The number of ether oxygens (including phenoxy) is 1. The molecule has 0 aliphatic carbocycles. The van der Waals surface area contributed by atoms with Gasteiger partial charge < -0.3 is 15.4 Å². The molecule has 0 bridgehead atoms. The lowest BCUT2D eigenvalue weighted by Gasteiger charge is -2.36. The van der Waals surface area contributed by atoms with Crippen LogP contribution in [0.1, 0.15) is 38.6 Å². The zero-order chi connectivity index (χ0) is 14.2. The predicted octanol–water partition coefficient (Wildman–Crippen LogP) is 1.20. The Morgan fingerprint density at radius 1 is 1.50 bits per heavy atom. The number of aromatic nitrogens is 2. The van der Waals surface area contributed by atoms with Gasteiger partial charge in [-0.25, -0.2) is 0 Å². The summed E-state index contributed by atoms with van der Waals surface area (Å²) < 4.78 is 7.57. The molecule has 6 nitrogen and oxygen atoms in total. The van der Waals surface area contributed by atoms with Gasteiger partial charge in [-0.3, -0.25) is 9.48 Å². The number of nitrogens with zero attached hydrogens (tertiary/aromatic N) is 3. The van der Waals surface area contributed by atoms with Crippen molar-refractivity contribution in [3.8, 4) is 0 Å². The number of carbonyl (C=O) groups is 1. The first-order valence-corrected chi connectivity index (χ1v) is 7.32. The number of nitrogen functional groups attached to an aromatic ring is 1. The van der Waals surface area contributed by atoms with Gasteiger partial charge in [-0.2, -0.15) is 5.10 Å². The second-order valence-corrected chi connectivity index (χ2v) is 5.93. The SMILES string of the molecule is CC1(C(=O)N2CCC(n3ccc(N)n3)CC2)CCCO1. The van der Waals surface area contributed by atoms with E-state index in [-0.39, 0.29) is 5.91 Å². The van der Waals surface area contributed by atoms with Crippen LogP contribution in [0.3, 0.4) is 0 Å². The molecule has 3 rings (SSSR count). The molecule has 0 radical (unpaired) electrons. The molecule has 1 unspecified atom stereocenters. The highest BCUT2D eigenvalue weighted by molar-refractivity contribution is 5.85. The van der Waals surface area contributed by atoms with E-state index in [1.807, 2.05) is 28.8 Å². The highest BCUT2D eigenvalue weighted by Crippen LogP contribution is 2.30. The Kier molecular flexibility index (Phi) is 3.41. The Hall–Kier alpha value is -1.56. The minimum absolute atomic E-state index is 0.147. The van der Waals surface area contributed by atoms with Gasteiger partial charge in [0.1, 0.15) is 11.4 Å². The van der Waals surface area contributed by atoms with Gasteiger partial charge in [-0.15, -0.1) is 0 Å². The van der Waals surface area contributed by atoms with Gasteiger partial charge in [0.05, 0.1) is 6.04 Å². The summed E-state index contributed by atoms with van der Waals surface area (Å²) in [7, 11) is 0. The molecule has 2 saturated heterocycles. The van der Waals surface area contributed by atoms with Crippen LogP contribution >= 0.6 is 0 Å². The van der Waals surface area contributed by atoms with Crippen molar-refractivity contribution < 1.29 is 9.53 Å². The first kappa shape index (κ1) is 13.4. The van der Waals surface area contributed by atoms with E-state index < -0.39 is 5.60 Å². The average Bonchev–Trinajstić information content (AvgIpc) is 3.08. The van der Waals surface area contributed by atoms with Crippen LogP contribution in [0.25, 0.3) is 0 Å². The third-order valence-corrected chi connectivity index (χ3v) is 4.43. The third kappa shape index (κ3) is 2.40. The highest BCUT2D eigenvalue weighted by atomic mass is 16.5. The number of amides is 1. The van der Waals surface area contributed by atoms with Gasteiger partial charge in [0, 0.05) is 25.9 Å². The van der Waals surface area contributed by atoms with Crippen molar-refractivity contribution in [1.82, 2.24) is 14.7 Å². The second kappa shape index (κ2) is 5.09. The Bertz CT molecular complexity index is 485. The summed E-state index contributed by atoms with van der Waals surface area (Å²) in [5, 5.41) is 4.26. The first-order valence-electron chi connectivity index (χ1n) is 7.32. The normalized spacial score (nSPS) is 27.9. The van der Waals surface area contributed by atoms with Crippen molar-refractivity contribution in [3.05, 3.63) is 12.3 Å². The van der Waals surface area contributed by atoms with E-state index in [2.05, 4.69) is 5.10 Å². The zero-order valence-electron chi connectivity index (χ0n) is 11.9. The number of hydrogen-bond acceptors (Lipinski definition) is 4. The molecule has 2 aliphatic heterocycles. The van der Waals surface area contributed by atoms with Crippen LogP contribution in [0.5, 0.6) is 0 Å². The molecule has 2 N–H and O–H groups in total. The number of likely N-dealkylation sites (tertiary alicyclic amines) is 1. The minimum Gasteiger partial charge on any atom is -0.382 e. The summed E-state index contributed by atoms with van der Waals surface area (Å²) >= 11 is 0. The van der Waals surface area contributed by atoms with E-state index in [0.717, 1.165) is 38.8 Å². The molecular weight excluding hydrogens is 256 g/mol. The van der Waals surface area contributed by atoms with Crippen molar-refractivity contribution >= 4 is 11.7 Å². The van der Waals surface area contributed by atoms with Crippen LogP contribution < -0.4 is 5.73 Å². The molecule has 20 heavy (non-hydrogen) atoms. The van der Waals surface area contributed by atoms with E-state index in [1.165, 1.54) is 0 Å². The molecule has 0 saturated carbocycles. The van der Waals surface area contributed by atoms with Crippen LogP contribution in [0.2, 0.25) is 0 Å². The molecule has 6 heteroatoms. The molecule has 1 aromatic heterocycles. The third-order valence-electron chi connectivity index (χ3n) is 4.43.